The molecule has 2 fully saturated rings. The fourth-order valence-corrected chi connectivity index (χ4v) is 6.05. The molecule has 0 aliphatic carbocycles. The van der Waals surface area contributed by atoms with Crippen LogP contribution in [0.2, 0.25) is 0 Å². The van der Waals surface area contributed by atoms with Gasteiger partial charge in [-0.15, -0.1) is 0 Å². The first-order valence-electron chi connectivity index (χ1n) is 12.0. The zero-order valence-electron chi connectivity index (χ0n) is 19.5. The van der Waals surface area contributed by atoms with Gasteiger partial charge in [-0.05, 0) is 43.2 Å². The van der Waals surface area contributed by atoms with Crippen molar-refractivity contribution in [3.05, 3.63) is 59.9 Å². The van der Waals surface area contributed by atoms with Crippen molar-refractivity contribution in [1.29, 1.82) is 0 Å². The van der Waals surface area contributed by atoms with Gasteiger partial charge in [0.2, 0.25) is 10.0 Å². The number of rotatable bonds is 6. The third-order valence-electron chi connectivity index (χ3n) is 6.40. The molecular weight excluding hydrogens is 466 g/mol. The predicted octanol–water partition coefficient (Wildman–Crippen LogP) is 2.89. The number of hydrogen-bond donors (Lipinski definition) is 1. The summed E-state index contributed by atoms with van der Waals surface area (Å²) in [5, 5.41) is 3.62. The van der Waals surface area contributed by atoms with Crippen molar-refractivity contribution < 1.29 is 17.9 Å². The Labute approximate surface area is 205 Å². The molecular formula is C25H29N5O4S. The number of piperidine rings is 1. The topological polar surface area (TPSA) is 105 Å². The third kappa shape index (κ3) is 5.35. The molecule has 2 saturated heterocycles. The minimum Gasteiger partial charge on any atom is -0.379 e. The highest BCUT2D eigenvalue weighted by molar-refractivity contribution is 7.89. The SMILES string of the molecule is O=C(Nc1nc(CN2CCOCC2)nc2ccccc12)c1cccc(S(=O)(=O)N2CCCCC2)c1. The normalized spacial score (nSPS) is 17.9. The Morgan fingerprint density at radius 1 is 0.943 bits per heavy atom. The molecule has 0 unspecified atom stereocenters. The summed E-state index contributed by atoms with van der Waals surface area (Å²) in [4.78, 5) is 24.9. The number of morpholine rings is 1. The molecule has 5 rings (SSSR count). The van der Waals surface area contributed by atoms with Gasteiger partial charge in [-0.1, -0.05) is 24.6 Å². The lowest BCUT2D eigenvalue weighted by Gasteiger charge is -2.26. The van der Waals surface area contributed by atoms with Crippen molar-refractivity contribution in [2.45, 2.75) is 30.7 Å². The standard InChI is InChI=1S/C25H29N5O4S/c31-25(19-7-6-8-20(17-19)35(32,33)30-11-4-1-5-12-30)28-24-21-9-2-3-10-22(21)26-23(27-24)18-29-13-15-34-16-14-29/h2-3,6-10,17H,1,4-5,11-16,18H2,(H,26,27,28,31). The average Bonchev–Trinajstić information content (AvgIpc) is 2.90. The van der Waals surface area contributed by atoms with Gasteiger partial charge in [0.15, 0.2) is 0 Å². The van der Waals surface area contributed by atoms with Crippen molar-refractivity contribution in [1.82, 2.24) is 19.2 Å². The van der Waals surface area contributed by atoms with Crippen molar-refractivity contribution in [2.24, 2.45) is 0 Å². The van der Waals surface area contributed by atoms with E-state index in [-0.39, 0.29) is 10.5 Å². The molecule has 2 aliphatic rings. The van der Waals surface area contributed by atoms with E-state index in [2.05, 4.69) is 20.2 Å². The first-order valence-corrected chi connectivity index (χ1v) is 13.4. The van der Waals surface area contributed by atoms with E-state index in [0.29, 0.717) is 44.5 Å². The molecule has 10 heteroatoms. The number of aromatic nitrogens is 2. The van der Waals surface area contributed by atoms with Crippen LogP contribution in [-0.2, 0) is 21.3 Å². The average molecular weight is 496 g/mol. The van der Waals surface area contributed by atoms with Crippen molar-refractivity contribution in [3.63, 3.8) is 0 Å². The van der Waals surface area contributed by atoms with Crippen LogP contribution < -0.4 is 5.32 Å². The number of fused-ring (bicyclic) bond motifs is 1. The zero-order chi connectivity index (χ0) is 24.3. The summed E-state index contributed by atoms with van der Waals surface area (Å²) in [7, 11) is -3.64. The number of carbonyl (C=O) groups excluding carboxylic acids is 1. The maximum atomic E-state index is 13.2. The monoisotopic (exact) mass is 495 g/mol. The second kappa shape index (κ2) is 10.4. The number of ether oxygens (including phenoxy) is 1. The van der Waals surface area contributed by atoms with E-state index in [1.54, 1.807) is 18.2 Å². The van der Waals surface area contributed by atoms with Crippen LogP contribution in [-0.4, -0.2) is 72.9 Å². The molecule has 0 bridgehead atoms. The largest absolute Gasteiger partial charge is 0.379 e. The molecule has 1 aromatic heterocycles. The van der Waals surface area contributed by atoms with Crippen molar-refractivity contribution in [2.75, 3.05) is 44.7 Å². The molecule has 2 aromatic carbocycles. The van der Waals surface area contributed by atoms with Gasteiger partial charge >= 0.3 is 0 Å². The van der Waals surface area contributed by atoms with E-state index >= 15 is 0 Å². The van der Waals surface area contributed by atoms with Gasteiger partial charge in [0.1, 0.15) is 11.6 Å². The highest BCUT2D eigenvalue weighted by atomic mass is 32.2. The smallest absolute Gasteiger partial charge is 0.256 e. The summed E-state index contributed by atoms with van der Waals surface area (Å²) in [6, 6.07) is 13.7. The molecule has 3 heterocycles. The molecule has 0 spiro atoms. The van der Waals surface area contributed by atoms with Crippen LogP contribution >= 0.6 is 0 Å². The Bertz CT molecular complexity index is 1320. The predicted molar refractivity (Wildman–Crippen MR) is 133 cm³/mol. The van der Waals surface area contributed by atoms with Gasteiger partial charge < -0.3 is 10.1 Å². The summed E-state index contributed by atoms with van der Waals surface area (Å²) in [5.41, 5.74) is 1.00. The summed E-state index contributed by atoms with van der Waals surface area (Å²) in [5.74, 6) is 0.609. The third-order valence-corrected chi connectivity index (χ3v) is 8.29. The van der Waals surface area contributed by atoms with E-state index in [1.165, 1.54) is 10.4 Å². The van der Waals surface area contributed by atoms with E-state index in [9.17, 15) is 13.2 Å². The Hall–Kier alpha value is -2.92. The molecule has 1 N–H and O–H groups in total. The minimum atomic E-state index is -3.64. The minimum absolute atomic E-state index is 0.132. The van der Waals surface area contributed by atoms with Crippen LogP contribution in [0.25, 0.3) is 10.9 Å². The number of nitrogens with zero attached hydrogens (tertiary/aromatic N) is 4. The first-order chi connectivity index (χ1) is 17.0. The van der Waals surface area contributed by atoms with E-state index in [4.69, 9.17) is 4.74 Å². The Kier molecular flexibility index (Phi) is 7.05. The number of carbonyl (C=O) groups is 1. The summed E-state index contributed by atoms with van der Waals surface area (Å²) in [6.07, 6.45) is 2.74. The molecule has 9 nitrogen and oxygen atoms in total. The van der Waals surface area contributed by atoms with Crippen LogP contribution in [0.4, 0.5) is 5.82 Å². The van der Waals surface area contributed by atoms with Crippen LogP contribution in [0.1, 0.15) is 35.4 Å². The van der Waals surface area contributed by atoms with E-state index in [0.717, 1.165) is 43.3 Å². The molecule has 0 radical (unpaired) electrons. The molecule has 0 atom stereocenters. The van der Waals surface area contributed by atoms with Gasteiger partial charge in [-0.3, -0.25) is 9.69 Å². The molecule has 0 saturated carbocycles. The summed E-state index contributed by atoms with van der Waals surface area (Å²) < 4.78 is 33.1. The molecule has 3 aromatic rings. The van der Waals surface area contributed by atoms with E-state index in [1.807, 2.05) is 24.3 Å². The second-order valence-electron chi connectivity index (χ2n) is 8.84. The molecule has 1 amide bonds. The highest BCUT2D eigenvalue weighted by Crippen LogP contribution is 2.24. The van der Waals surface area contributed by atoms with Gasteiger partial charge in [0, 0.05) is 37.1 Å². The number of hydrogen-bond acceptors (Lipinski definition) is 7. The van der Waals surface area contributed by atoms with Crippen molar-refractivity contribution in [3.8, 4) is 0 Å². The van der Waals surface area contributed by atoms with Gasteiger partial charge in [-0.25, -0.2) is 18.4 Å². The summed E-state index contributed by atoms with van der Waals surface area (Å²) >= 11 is 0. The van der Waals surface area contributed by atoms with Crippen molar-refractivity contribution >= 4 is 32.7 Å². The fraction of sp³-hybridized carbons (Fsp3) is 0.400. The van der Waals surface area contributed by atoms with Crippen LogP contribution in [0.3, 0.4) is 0 Å². The highest BCUT2D eigenvalue weighted by Gasteiger charge is 2.26. The number of amides is 1. The maximum Gasteiger partial charge on any atom is 0.256 e. The lowest BCUT2D eigenvalue weighted by molar-refractivity contribution is 0.0331. The molecule has 35 heavy (non-hydrogen) atoms. The number of nitrogens with one attached hydrogen (secondary N) is 1. The fourth-order valence-electron chi connectivity index (χ4n) is 4.48. The summed E-state index contributed by atoms with van der Waals surface area (Å²) in [6.45, 7) is 4.53. The van der Waals surface area contributed by atoms with E-state index < -0.39 is 15.9 Å². The Balaban J connectivity index is 1.41. The maximum absolute atomic E-state index is 13.2. The lowest BCUT2D eigenvalue weighted by atomic mass is 10.2. The number of benzene rings is 2. The lowest BCUT2D eigenvalue weighted by Crippen LogP contribution is -2.36. The molecule has 184 valence electrons. The number of para-hydroxylation sites is 1. The second-order valence-corrected chi connectivity index (χ2v) is 10.8. The van der Waals surface area contributed by atoms with Crippen LogP contribution in [0.15, 0.2) is 53.4 Å². The number of sulfonamides is 1. The zero-order valence-corrected chi connectivity index (χ0v) is 20.3. The Morgan fingerprint density at radius 3 is 2.51 bits per heavy atom. The van der Waals surface area contributed by atoms with Gasteiger partial charge in [0.25, 0.3) is 5.91 Å². The first kappa shape index (κ1) is 23.8. The van der Waals surface area contributed by atoms with Gasteiger partial charge in [-0.2, -0.15) is 4.31 Å². The van der Waals surface area contributed by atoms with Crippen LogP contribution in [0.5, 0.6) is 0 Å². The van der Waals surface area contributed by atoms with Crippen LogP contribution in [0, 0.1) is 0 Å². The Morgan fingerprint density at radius 2 is 1.71 bits per heavy atom. The quantitative estimate of drug-likeness (QED) is 0.561. The molecule has 2 aliphatic heterocycles. The van der Waals surface area contributed by atoms with Gasteiger partial charge in [0.05, 0.1) is 30.2 Å². The number of anilines is 1.